The Hall–Kier alpha value is -3.93. The van der Waals surface area contributed by atoms with Gasteiger partial charge in [-0.1, -0.05) is 5.16 Å². The molecule has 3 aliphatic heterocycles. The number of amides is 4. The Kier molecular flexibility index (Phi) is 4.06. The zero-order valence-electron chi connectivity index (χ0n) is 17.3. The maximum atomic E-state index is 15.9. The Morgan fingerprint density at radius 2 is 1.91 bits per heavy atom. The predicted molar refractivity (Wildman–Crippen MR) is 109 cm³/mol. The van der Waals surface area contributed by atoms with Gasteiger partial charge in [-0.15, -0.1) is 0 Å². The minimum atomic E-state index is -1.69. The fourth-order valence-corrected chi connectivity index (χ4v) is 5.24. The molecule has 6 rings (SSSR count). The van der Waals surface area contributed by atoms with Crippen molar-refractivity contribution in [1.29, 1.82) is 0 Å². The fourth-order valence-electron chi connectivity index (χ4n) is 5.24. The number of hydrogen-bond donors (Lipinski definition) is 2. The number of ether oxygens (including phenoxy) is 1. The van der Waals surface area contributed by atoms with Crippen LogP contribution in [-0.2, 0) is 20.7 Å². The fraction of sp³-hybridized carbons (Fsp3) is 0.333. The van der Waals surface area contributed by atoms with Crippen LogP contribution < -0.4 is 15.5 Å². The Balaban J connectivity index is 1.60. The average Bonchev–Trinajstić information content (AvgIpc) is 3.22. The molecule has 2 atom stereocenters. The molecule has 0 aliphatic carbocycles. The highest BCUT2D eigenvalue weighted by atomic mass is 19.1. The van der Waals surface area contributed by atoms with Crippen LogP contribution in [0.5, 0.6) is 0 Å². The van der Waals surface area contributed by atoms with E-state index in [2.05, 4.69) is 25.8 Å². The van der Waals surface area contributed by atoms with E-state index in [0.717, 1.165) is 0 Å². The molecule has 1 aromatic carbocycles. The van der Waals surface area contributed by atoms with E-state index < -0.39 is 41.2 Å². The number of urea groups is 1. The second-order valence-electron chi connectivity index (χ2n) is 8.28. The smallest absolute Gasteiger partial charge is 0.328 e. The molecule has 4 amide bonds. The third-order valence-electron chi connectivity index (χ3n) is 6.55. The zero-order valence-corrected chi connectivity index (χ0v) is 17.3. The predicted octanol–water partition coefficient (Wildman–Crippen LogP) is 0.926. The van der Waals surface area contributed by atoms with E-state index in [0.29, 0.717) is 10.9 Å². The largest absolute Gasteiger partial charge is 0.374 e. The molecule has 3 aliphatic rings. The van der Waals surface area contributed by atoms with Gasteiger partial charge in [0.2, 0.25) is 17.4 Å². The first-order chi connectivity index (χ1) is 15.9. The van der Waals surface area contributed by atoms with Crippen LogP contribution in [0.15, 0.2) is 29.0 Å². The number of carbonyl (C=O) groups excluding carboxylic acids is 3. The summed E-state index contributed by atoms with van der Waals surface area (Å²) in [7, 11) is 0. The van der Waals surface area contributed by atoms with Crippen LogP contribution in [0.1, 0.15) is 12.5 Å². The number of hydrogen-bond acceptors (Lipinski definition) is 9. The maximum absolute atomic E-state index is 15.9. The summed E-state index contributed by atoms with van der Waals surface area (Å²) in [5.74, 6) is -1.89. The summed E-state index contributed by atoms with van der Waals surface area (Å²) in [6.07, 6.45) is 2.32. The topological polar surface area (TPSA) is 140 Å². The molecule has 3 aromatic rings. The van der Waals surface area contributed by atoms with Crippen molar-refractivity contribution in [2.75, 3.05) is 18.1 Å². The molecule has 12 heteroatoms. The van der Waals surface area contributed by atoms with Gasteiger partial charge in [-0.25, -0.2) is 19.2 Å². The highest BCUT2D eigenvalue weighted by Gasteiger charge is 2.62. The number of benzene rings is 1. The van der Waals surface area contributed by atoms with Gasteiger partial charge in [-0.05, 0) is 24.6 Å². The quantitative estimate of drug-likeness (QED) is 0.516. The average molecular weight is 452 g/mol. The third kappa shape index (κ3) is 2.58. The number of nitrogens with one attached hydrogen (secondary N) is 2. The molecule has 0 radical (unpaired) electrons. The Morgan fingerprint density at radius 1 is 1.18 bits per heavy atom. The van der Waals surface area contributed by atoms with Crippen molar-refractivity contribution in [3.8, 4) is 11.5 Å². The highest BCUT2D eigenvalue weighted by Crippen LogP contribution is 2.49. The van der Waals surface area contributed by atoms with Gasteiger partial charge in [0.15, 0.2) is 22.8 Å². The van der Waals surface area contributed by atoms with Crippen LogP contribution in [-0.4, -0.2) is 58.3 Å². The van der Waals surface area contributed by atoms with Crippen LogP contribution in [0.2, 0.25) is 0 Å². The van der Waals surface area contributed by atoms with E-state index in [-0.39, 0.29) is 42.4 Å². The lowest BCUT2D eigenvalue weighted by Crippen LogP contribution is -2.74. The number of nitrogens with zero attached hydrogens (tertiary/aromatic N) is 4. The first kappa shape index (κ1) is 19.7. The number of barbiturate groups is 1. The van der Waals surface area contributed by atoms with Gasteiger partial charge < -0.3 is 14.2 Å². The summed E-state index contributed by atoms with van der Waals surface area (Å²) in [5.41, 5.74) is -0.890. The number of morpholine rings is 1. The summed E-state index contributed by atoms with van der Waals surface area (Å²) in [6.45, 7) is 2.23. The lowest BCUT2D eigenvalue weighted by atomic mass is 9.66. The van der Waals surface area contributed by atoms with E-state index in [1.807, 2.05) is 0 Å². The van der Waals surface area contributed by atoms with Crippen molar-refractivity contribution < 1.29 is 28.0 Å². The highest BCUT2D eigenvalue weighted by molar-refractivity contribution is 6.20. The minimum absolute atomic E-state index is 0.0715. The monoisotopic (exact) mass is 452 g/mol. The second-order valence-corrected chi connectivity index (χ2v) is 8.28. The molecule has 5 heterocycles. The number of rotatable bonds is 1. The molecule has 11 nitrogen and oxygen atoms in total. The van der Waals surface area contributed by atoms with Gasteiger partial charge >= 0.3 is 6.03 Å². The summed E-state index contributed by atoms with van der Waals surface area (Å²) in [4.78, 5) is 48.1. The molecule has 168 valence electrons. The number of carbonyl (C=O) groups is 3. The lowest BCUT2D eigenvalue weighted by Gasteiger charge is -2.54. The Labute approximate surface area is 185 Å². The number of aromatic nitrogens is 3. The molecule has 1 spiro atoms. The van der Waals surface area contributed by atoms with E-state index in [1.54, 1.807) is 24.0 Å². The number of halogens is 1. The van der Waals surface area contributed by atoms with Crippen LogP contribution in [0, 0.1) is 11.2 Å². The van der Waals surface area contributed by atoms with Crippen LogP contribution in [0.3, 0.4) is 0 Å². The van der Waals surface area contributed by atoms with Gasteiger partial charge in [0.25, 0.3) is 0 Å². The standard InChI is InChI=1S/C21H17FN6O5/c1-9-16-21(18(29)25-20(31)26-19(21)30)8-10-7-11-13(17-23-3-2-4-24-17)27-33-15(11)12(22)14(10)28(16)5-6-32-9/h2-4,7,9,16H,5-6,8H2,1H3,(H2,25,26,29,30,31)/t9-,16+/m0/s1. The molecule has 2 aromatic heterocycles. The van der Waals surface area contributed by atoms with Crippen molar-refractivity contribution >= 4 is 34.5 Å². The number of fused-ring (bicyclic) bond motifs is 5. The molecule has 0 unspecified atom stereocenters. The molecule has 0 saturated carbocycles. The number of imide groups is 2. The minimum Gasteiger partial charge on any atom is -0.374 e. The summed E-state index contributed by atoms with van der Waals surface area (Å²) >= 11 is 0. The maximum Gasteiger partial charge on any atom is 0.328 e. The van der Waals surface area contributed by atoms with Crippen LogP contribution in [0.4, 0.5) is 14.9 Å². The summed E-state index contributed by atoms with van der Waals surface area (Å²) < 4.78 is 27.0. The molecule has 0 bridgehead atoms. The van der Waals surface area contributed by atoms with E-state index in [4.69, 9.17) is 9.26 Å². The second kappa shape index (κ2) is 6.78. The van der Waals surface area contributed by atoms with Gasteiger partial charge in [-0.2, -0.15) is 0 Å². The van der Waals surface area contributed by atoms with Crippen molar-refractivity contribution in [3.05, 3.63) is 35.9 Å². The van der Waals surface area contributed by atoms with Gasteiger partial charge in [-0.3, -0.25) is 20.2 Å². The van der Waals surface area contributed by atoms with Gasteiger partial charge in [0.1, 0.15) is 0 Å². The van der Waals surface area contributed by atoms with Crippen LogP contribution in [0.25, 0.3) is 22.5 Å². The van der Waals surface area contributed by atoms with E-state index in [9.17, 15) is 14.4 Å². The van der Waals surface area contributed by atoms with Gasteiger partial charge in [0, 0.05) is 25.4 Å². The molecular weight excluding hydrogens is 435 g/mol. The molecule has 33 heavy (non-hydrogen) atoms. The van der Waals surface area contributed by atoms with E-state index >= 15 is 4.39 Å². The number of anilines is 1. The van der Waals surface area contributed by atoms with Crippen molar-refractivity contribution in [1.82, 2.24) is 25.8 Å². The van der Waals surface area contributed by atoms with Crippen molar-refractivity contribution in [2.45, 2.75) is 25.5 Å². The summed E-state index contributed by atoms with van der Waals surface area (Å²) in [6, 6.07) is 1.56. The first-order valence-corrected chi connectivity index (χ1v) is 10.3. The normalized spacial score (nSPS) is 23.8. The Bertz CT molecular complexity index is 1320. The van der Waals surface area contributed by atoms with Crippen molar-refractivity contribution in [3.63, 3.8) is 0 Å². The molecule has 2 fully saturated rings. The van der Waals surface area contributed by atoms with Crippen LogP contribution >= 0.6 is 0 Å². The SMILES string of the molecule is C[C@@H]1OCCN2c3c(cc4c(-c5ncccn5)noc4c3F)CC3(C(=O)NC(=O)NC3=O)[C@@H]12. The third-order valence-corrected chi connectivity index (χ3v) is 6.55. The van der Waals surface area contributed by atoms with Crippen molar-refractivity contribution in [2.24, 2.45) is 5.41 Å². The first-order valence-electron chi connectivity index (χ1n) is 10.3. The lowest BCUT2D eigenvalue weighted by molar-refractivity contribution is -0.151. The zero-order chi connectivity index (χ0) is 22.9. The molecule has 2 N–H and O–H groups in total. The molecular formula is C21H17FN6O5. The van der Waals surface area contributed by atoms with Gasteiger partial charge in [0.05, 0.1) is 29.8 Å². The molecule has 2 saturated heterocycles. The van der Waals surface area contributed by atoms with E-state index in [1.165, 1.54) is 12.4 Å². The summed E-state index contributed by atoms with van der Waals surface area (Å²) in [5, 5.41) is 8.70. The Morgan fingerprint density at radius 3 is 2.64 bits per heavy atom.